The number of ether oxygens (including phenoxy) is 1. The van der Waals surface area contributed by atoms with Gasteiger partial charge in [-0.2, -0.15) is 0 Å². The zero-order valence-corrected chi connectivity index (χ0v) is 11.8. The van der Waals surface area contributed by atoms with E-state index in [4.69, 9.17) is 16.3 Å². The summed E-state index contributed by atoms with van der Waals surface area (Å²) in [5, 5.41) is 2.48. The van der Waals surface area contributed by atoms with Crippen LogP contribution in [0.4, 0.5) is 0 Å². The molecular weight excluding hydrogens is 268 g/mol. The summed E-state index contributed by atoms with van der Waals surface area (Å²) < 4.78 is 5.86. The lowest BCUT2D eigenvalue weighted by Gasteiger charge is -2.09. The van der Waals surface area contributed by atoms with E-state index in [1.807, 2.05) is 24.3 Å². The molecule has 0 aromatic heterocycles. The molecule has 100 valence electrons. The Balaban J connectivity index is 1.79. The summed E-state index contributed by atoms with van der Waals surface area (Å²) in [6.45, 7) is 0.571. The molecule has 0 heterocycles. The summed E-state index contributed by atoms with van der Waals surface area (Å²) in [7, 11) is 0. The first-order valence-electron chi connectivity index (χ1n) is 6.61. The molecule has 3 aromatic carbocycles. The van der Waals surface area contributed by atoms with Crippen molar-refractivity contribution in [2.75, 3.05) is 0 Å². The van der Waals surface area contributed by atoms with Crippen LogP contribution in [0.1, 0.15) is 11.1 Å². The molecule has 0 atom stereocenters. The normalized spacial score (nSPS) is 10.7. The molecule has 0 saturated heterocycles. The zero-order chi connectivity index (χ0) is 13.8. The Bertz CT molecular complexity index is 699. The van der Waals surface area contributed by atoms with Crippen LogP contribution >= 0.6 is 11.6 Å². The molecule has 3 aromatic rings. The first-order chi connectivity index (χ1) is 9.86. The Morgan fingerprint density at radius 2 is 1.55 bits per heavy atom. The third-order valence-corrected chi connectivity index (χ3v) is 3.66. The van der Waals surface area contributed by atoms with Crippen LogP contribution in [-0.2, 0) is 12.5 Å². The van der Waals surface area contributed by atoms with Crippen LogP contribution in [0.5, 0.6) is 5.75 Å². The molecule has 1 nitrogen and oxygen atoms in total. The van der Waals surface area contributed by atoms with Gasteiger partial charge < -0.3 is 4.74 Å². The second-order valence-electron chi connectivity index (χ2n) is 4.70. The van der Waals surface area contributed by atoms with Crippen molar-refractivity contribution in [3.05, 3.63) is 77.9 Å². The summed E-state index contributed by atoms with van der Waals surface area (Å²) in [5.74, 6) is 1.40. The Morgan fingerprint density at radius 1 is 0.800 bits per heavy atom. The number of rotatable bonds is 4. The molecule has 20 heavy (non-hydrogen) atoms. The summed E-state index contributed by atoms with van der Waals surface area (Å²) in [6, 6.07) is 22.6. The van der Waals surface area contributed by atoms with Gasteiger partial charge in [0.25, 0.3) is 0 Å². The molecular formula is C18H15ClO. The number of fused-ring (bicyclic) bond motifs is 1. The van der Waals surface area contributed by atoms with Crippen LogP contribution in [0.25, 0.3) is 10.8 Å². The van der Waals surface area contributed by atoms with Crippen molar-refractivity contribution in [1.82, 2.24) is 0 Å². The second-order valence-corrected chi connectivity index (χ2v) is 4.97. The number of hydrogen-bond acceptors (Lipinski definition) is 1. The van der Waals surface area contributed by atoms with E-state index in [1.165, 1.54) is 16.3 Å². The van der Waals surface area contributed by atoms with Crippen LogP contribution < -0.4 is 4.74 Å². The molecule has 0 amide bonds. The molecule has 2 heteroatoms. The Kier molecular flexibility index (Phi) is 3.89. The molecule has 0 spiro atoms. The summed E-state index contributed by atoms with van der Waals surface area (Å²) in [5.41, 5.74) is 2.30. The van der Waals surface area contributed by atoms with Crippen molar-refractivity contribution in [3.8, 4) is 5.75 Å². The number of halogens is 1. The molecule has 0 radical (unpaired) electrons. The van der Waals surface area contributed by atoms with Gasteiger partial charge in [0.1, 0.15) is 12.4 Å². The Morgan fingerprint density at radius 3 is 2.35 bits per heavy atom. The molecule has 0 bridgehead atoms. The van der Waals surface area contributed by atoms with E-state index in [0.29, 0.717) is 12.5 Å². The van der Waals surface area contributed by atoms with Crippen LogP contribution in [0.3, 0.4) is 0 Å². The van der Waals surface area contributed by atoms with E-state index < -0.39 is 0 Å². The fourth-order valence-corrected chi connectivity index (χ4v) is 2.43. The minimum Gasteiger partial charge on any atom is -0.489 e. The number of hydrogen-bond donors (Lipinski definition) is 0. The average Bonchev–Trinajstić information content (AvgIpc) is 2.53. The van der Waals surface area contributed by atoms with Crippen molar-refractivity contribution in [2.45, 2.75) is 12.5 Å². The minimum atomic E-state index is 0.531. The van der Waals surface area contributed by atoms with Gasteiger partial charge in [-0.1, -0.05) is 54.6 Å². The lowest BCUT2D eigenvalue weighted by atomic mass is 10.1. The molecule has 0 aliphatic rings. The van der Waals surface area contributed by atoms with Gasteiger partial charge in [0.05, 0.1) is 0 Å². The first kappa shape index (κ1) is 13.0. The summed E-state index contributed by atoms with van der Waals surface area (Å²) in [4.78, 5) is 0. The maximum Gasteiger partial charge on any atom is 0.119 e. The van der Waals surface area contributed by atoms with Crippen molar-refractivity contribution >= 4 is 22.4 Å². The highest BCUT2D eigenvalue weighted by Crippen LogP contribution is 2.21. The molecule has 0 N–H and O–H groups in total. The lowest BCUT2D eigenvalue weighted by Crippen LogP contribution is -1.96. The van der Waals surface area contributed by atoms with Crippen LogP contribution in [0.2, 0.25) is 0 Å². The second kappa shape index (κ2) is 5.98. The SMILES string of the molecule is ClCc1ccc(OCc2cccc3ccccc23)cc1. The largest absolute Gasteiger partial charge is 0.489 e. The first-order valence-corrected chi connectivity index (χ1v) is 7.14. The van der Waals surface area contributed by atoms with E-state index in [0.717, 1.165) is 11.3 Å². The van der Waals surface area contributed by atoms with Crippen LogP contribution in [0.15, 0.2) is 66.7 Å². The van der Waals surface area contributed by atoms with Crippen LogP contribution in [-0.4, -0.2) is 0 Å². The molecule has 0 aliphatic heterocycles. The third kappa shape index (κ3) is 2.78. The van der Waals surface area contributed by atoms with Crippen molar-refractivity contribution in [1.29, 1.82) is 0 Å². The minimum absolute atomic E-state index is 0.531. The van der Waals surface area contributed by atoms with E-state index in [-0.39, 0.29) is 0 Å². The van der Waals surface area contributed by atoms with Crippen molar-refractivity contribution in [3.63, 3.8) is 0 Å². The standard InChI is InChI=1S/C18H15ClO/c19-12-14-8-10-17(11-9-14)20-13-16-6-3-5-15-4-1-2-7-18(15)16/h1-11H,12-13H2. The predicted octanol–water partition coefficient (Wildman–Crippen LogP) is 5.16. The van der Waals surface area contributed by atoms with Crippen molar-refractivity contribution in [2.24, 2.45) is 0 Å². The highest BCUT2D eigenvalue weighted by Gasteiger charge is 2.01. The quantitative estimate of drug-likeness (QED) is 0.601. The van der Waals surface area contributed by atoms with Gasteiger partial charge in [-0.3, -0.25) is 0 Å². The topological polar surface area (TPSA) is 9.23 Å². The van der Waals surface area contributed by atoms with Gasteiger partial charge in [-0.25, -0.2) is 0 Å². The van der Waals surface area contributed by atoms with Gasteiger partial charge in [-0.05, 0) is 34.0 Å². The van der Waals surface area contributed by atoms with Gasteiger partial charge in [-0.15, -0.1) is 11.6 Å². The van der Waals surface area contributed by atoms with Gasteiger partial charge in [0.2, 0.25) is 0 Å². The maximum atomic E-state index is 5.86. The highest BCUT2D eigenvalue weighted by atomic mass is 35.5. The molecule has 0 aliphatic carbocycles. The fourth-order valence-electron chi connectivity index (χ4n) is 2.25. The summed E-state index contributed by atoms with van der Waals surface area (Å²) in [6.07, 6.45) is 0. The van der Waals surface area contributed by atoms with E-state index in [9.17, 15) is 0 Å². The van der Waals surface area contributed by atoms with E-state index in [2.05, 4.69) is 42.5 Å². The van der Waals surface area contributed by atoms with Gasteiger partial charge in [0, 0.05) is 5.88 Å². The van der Waals surface area contributed by atoms with Crippen molar-refractivity contribution < 1.29 is 4.74 Å². The monoisotopic (exact) mass is 282 g/mol. The molecule has 0 fully saturated rings. The Labute approximate surface area is 123 Å². The Hall–Kier alpha value is -1.99. The highest BCUT2D eigenvalue weighted by molar-refractivity contribution is 6.17. The zero-order valence-electron chi connectivity index (χ0n) is 11.1. The molecule has 0 unspecified atom stereocenters. The summed E-state index contributed by atoms with van der Waals surface area (Å²) >= 11 is 5.78. The smallest absolute Gasteiger partial charge is 0.119 e. The predicted molar refractivity (Wildman–Crippen MR) is 84.3 cm³/mol. The van der Waals surface area contributed by atoms with E-state index >= 15 is 0 Å². The average molecular weight is 283 g/mol. The molecule has 3 rings (SSSR count). The maximum absolute atomic E-state index is 5.86. The van der Waals surface area contributed by atoms with Gasteiger partial charge >= 0.3 is 0 Å². The van der Waals surface area contributed by atoms with Crippen LogP contribution in [0, 0.1) is 0 Å². The number of benzene rings is 3. The molecule has 0 saturated carbocycles. The van der Waals surface area contributed by atoms with Gasteiger partial charge in [0.15, 0.2) is 0 Å². The lowest BCUT2D eigenvalue weighted by molar-refractivity contribution is 0.307. The fraction of sp³-hybridized carbons (Fsp3) is 0.111. The number of alkyl halides is 1. The third-order valence-electron chi connectivity index (χ3n) is 3.35. The van der Waals surface area contributed by atoms with E-state index in [1.54, 1.807) is 0 Å².